The van der Waals surface area contributed by atoms with E-state index in [1.807, 2.05) is 6.92 Å². The van der Waals surface area contributed by atoms with Crippen molar-refractivity contribution < 1.29 is 4.52 Å². The Balaban J connectivity index is 0.000000980. The molecule has 1 aromatic carbocycles. The van der Waals surface area contributed by atoms with Crippen molar-refractivity contribution in [2.45, 2.75) is 20.4 Å². The minimum Gasteiger partial charge on any atom is -0.356 e. The molecule has 0 atom stereocenters. The zero-order valence-electron chi connectivity index (χ0n) is 8.20. The van der Waals surface area contributed by atoms with E-state index in [1.54, 1.807) is 0 Å². The van der Waals surface area contributed by atoms with Crippen LogP contribution in [0.3, 0.4) is 0 Å². The first-order valence-corrected chi connectivity index (χ1v) is 4.28. The normalized spacial score (nSPS) is 10.2. The van der Waals surface area contributed by atoms with E-state index in [0.29, 0.717) is 6.54 Å². The van der Waals surface area contributed by atoms with Crippen molar-refractivity contribution in [1.82, 2.24) is 5.16 Å². The number of nitrogens with zero attached hydrogens (tertiary/aromatic N) is 1. The van der Waals surface area contributed by atoms with Crippen molar-refractivity contribution in [3.8, 4) is 0 Å². The Morgan fingerprint density at radius 1 is 1.36 bits per heavy atom. The average molecular weight is 213 g/mol. The van der Waals surface area contributed by atoms with Gasteiger partial charge >= 0.3 is 0 Å². The zero-order chi connectivity index (χ0) is 9.42. The van der Waals surface area contributed by atoms with Crippen molar-refractivity contribution in [3.05, 3.63) is 29.0 Å². The molecule has 14 heavy (non-hydrogen) atoms. The monoisotopic (exact) mass is 212 g/mol. The van der Waals surface area contributed by atoms with Crippen LogP contribution < -0.4 is 5.73 Å². The lowest BCUT2D eigenvalue weighted by Gasteiger charge is -1.96. The minimum absolute atomic E-state index is 0. The van der Waals surface area contributed by atoms with Crippen molar-refractivity contribution in [2.75, 3.05) is 0 Å². The molecule has 2 aromatic rings. The lowest BCUT2D eigenvalue weighted by Crippen LogP contribution is -1.96. The second-order valence-electron chi connectivity index (χ2n) is 3.29. The van der Waals surface area contributed by atoms with Crippen LogP contribution in [0.5, 0.6) is 0 Å². The highest BCUT2D eigenvalue weighted by Crippen LogP contribution is 2.23. The van der Waals surface area contributed by atoms with Crippen LogP contribution in [0.4, 0.5) is 0 Å². The molecule has 1 aromatic heterocycles. The van der Waals surface area contributed by atoms with Gasteiger partial charge in [-0.1, -0.05) is 11.2 Å². The number of aryl methyl sites for hydroxylation is 2. The maximum atomic E-state index is 5.54. The number of hydrogen-bond acceptors (Lipinski definition) is 3. The van der Waals surface area contributed by atoms with Gasteiger partial charge < -0.3 is 10.3 Å². The summed E-state index contributed by atoms with van der Waals surface area (Å²) in [7, 11) is 0. The maximum Gasteiger partial charge on any atom is 0.170 e. The molecule has 0 radical (unpaired) electrons. The first-order valence-electron chi connectivity index (χ1n) is 4.28. The van der Waals surface area contributed by atoms with E-state index in [9.17, 15) is 0 Å². The van der Waals surface area contributed by atoms with E-state index in [1.165, 1.54) is 5.56 Å². The van der Waals surface area contributed by atoms with Gasteiger partial charge in [-0.25, -0.2) is 0 Å². The second-order valence-corrected chi connectivity index (χ2v) is 3.29. The third kappa shape index (κ3) is 1.61. The fourth-order valence-corrected chi connectivity index (χ4v) is 1.59. The SMILES string of the molecule is Cc1cc(C)c2onc(CN)c2c1.Cl. The molecule has 0 spiro atoms. The van der Waals surface area contributed by atoms with Crippen LogP contribution in [-0.4, -0.2) is 5.16 Å². The number of fused-ring (bicyclic) bond motifs is 1. The third-order valence-electron chi connectivity index (χ3n) is 2.17. The van der Waals surface area contributed by atoms with Gasteiger partial charge in [-0.3, -0.25) is 0 Å². The van der Waals surface area contributed by atoms with E-state index < -0.39 is 0 Å². The molecule has 2 N–H and O–H groups in total. The maximum absolute atomic E-state index is 5.54. The van der Waals surface area contributed by atoms with E-state index in [0.717, 1.165) is 22.2 Å². The van der Waals surface area contributed by atoms with Crippen LogP contribution in [0, 0.1) is 13.8 Å². The van der Waals surface area contributed by atoms with E-state index in [4.69, 9.17) is 10.3 Å². The van der Waals surface area contributed by atoms with Crippen molar-refractivity contribution in [1.29, 1.82) is 0 Å². The largest absolute Gasteiger partial charge is 0.356 e. The Morgan fingerprint density at radius 2 is 2.07 bits per heavy atom. The van der Waals surface area contributed by atoms with Crippen molar-refractivity contribution in [3.63, 3.8) is 0 Å². The van der Waals surface area contributed by atoms with Crippen molar-refractivity contribution in [2.24, 2.45) is 5.73 Å². The minimum atomic E-state index is 0. The molecule has 3 nitrogen and oxygen atoms in total. The Bertz CT molecular complexity index is 451. The predicted octanol–water partition coefficient (Wildman–Crippen LogP) is 2.33. The van der Waals surface area contributed by atoms with Gasteiger partial charge in [-0.2, -0.15) is 0 Å². The first-order chi connectivity index (χ1) is 6.22. The molecule has 0 aliphatic heterocycles. The average Bonchev–Trinajstić information content (AvgIpc) is 2.47. The topological polar surface area (TPSA) is 52.0 Å². The summed E-state index contributed by atoms with van der Waals surface area (Å²) in [6.07, 6.45) is 0. The van der Waals surface area contributed by atoms with Gasteiger partial charge in [-0.05, 0) is 31.0 Å². The van der Waals surface area contributed by atoms with Gasteiger partial charge in [0, 0.05) is 11.9 Å². The summed E-state index contributed by atoms with van der Waals surface area (Å²) in [5, 5.41) is 4.96. The summed E-state index contributed by atoms with van der Waals surface area (Å²) < 4.78 is 5.20. The molecule has 76 valence electrons. The third-order valence-corrected chi connectivity index (χ3v) is 2.17. The number of halogens is 1. The van der Waals surface area contributed by atoms with Gasteiger partial charge in [0.15, 0.2) is 5.58 Å². The number of nitrogens with two attached hydrogens (primary N) is 1. The van der Waals surface area contributed by atoms with E-state index >= 15 is 0 Å². The number of aromatic nitrogens is 1. The fourth-order valence-electron chi connectivity index (χ4n) is 1.59. The molecule has 0 aliphatic carbocycles. The molecule has 1 heterocycles. The molecule has 0 saturated carbocycles. The zero-order valence-corrected chi connectivity index (χ0v) is 9.02. The molecular formula is C10H13ClN2O. The van der Waals surface area contributed by atoms with Gasteiger partial charge in [0.2, 0.25) is 0 Å². The smallest absolute Gasteiger partial charge is 0.170 e. The van der Waals surface area contributed by atoms with Crippen LogP contribution >= 0.6 is 12.4 Å². The van der Waals surface area contributed by atoms with E-state index in [2.05, 4.69) is 24.2 Å². The number of hydrogen-bond donors (Lipinski definition) is 1. The van der Waals surface area contributed by atoms with Crippen LogP contribution in [-0.2, 0) is 6.54 Å². The summed E-state index contributed by atoms with van der Waals surface area (Å²) in [5.41, 5.74) is 9.55. The highest BCUT2D eigenvalue weighted by Gasteiger charge is 2.08. The molecule has 0 amide bonds. The van der Waals surface area contributed by atoms with Crippen LogP contribution in [0.25, 0.3) is 11.0 Å². The van der Waals surface area contributed by atoms with Crippen LogP contribution in [0.1, 0.15) is 16.8 Å². The quantitative estimate of drug-likeness (QED) is 0.790. The molecular weight excluding hydrogens is 200 g/mol. The Labute approximate surface area is 88.7 Å². The lowest BCUT2D eigenvalue weighted by molar-refractivity contribution is 0.445. The molecule has 4 heteroatoms. The summed E-state index contributed by atoms with van der Waals surface area (Å²) in [6, 6.07) is 4.13. The van der Waals surface area contributed by atoms with Crippen LogP contribution in [0.2, 0.25) is 0 Å². The fraction of sp³-hybridized carbons (Fsp3) is 0.300. The highest BCUT2D eigenvalue weighted by atomic mass is 35.5. The molecule has 0 aliphatic rings. The standard InChI is InChI=1S/C10H12N2O.ClH/c1-6-3-7(2)10-8(4-6)9(5-11)12-13-10;/h3-4H,5,11H2,1-2H3;1H. The van der Waals surface area contributed by atoms with Gasteiger partial charge in [-0.15, -0.1) is 12.4 Å². The molecule has 0 bridgehead atoms. The summed E-state index contributed by atoms with van der Waals surface area (Å²) in [6.45, 7) is 4.50. The van der Waals surface area contributed by atoms with Gasteiger partial charge in [0.05, 0.1) is 0 Å². The number of benzene rings is 1. The summed E-state index contributed by atoms with van der Waals surface area (Å²) in [4.78, 5) is 0. The predicted molar refractivity (Wildman–Crippen MR) is 58.6 cm³/mol. The first kappa shape index (κ1) is 11.0. The Hall–Kier alpha value is -1.06. The van der Waals surface area contributed by atoms with E-state index in [-0.39, 0.29) is 12.4 Å². The number of rotatable bonds is 1. The Kier molecular flexibility index (Phi) is 3.13. The molecule has 2 rings (SSSR count). The molecule has 0 fully saturated rings. The van der Waals surface area contributed by atoms with Gasteiger partial charge in [0.1, 0.15) is 5.69 Å². The molecule has 0 unspecified atom stereocenters. The highest BCUT2D eigenvalue weighted by molar-refractivity contribution is 5.85. The Morgan fingerprint density at radius 3 is 2.71 bits per heavy atom. The van der Waals surface area contributed by atoms with Crippen molar-refractivity contribution >= 4 is 23.4 Å². The summed E-state index contributed by atoms with van der Waals surface area (Å²) in [5.74, 6) is 0. The summed E-state index contributed by atoms with van der Waals surface area (Å²) >= 11 is 0. The van der Waals surface area contributed by atoms with Gasteiger partial charge in [0.25, 0.3) is 0 Å². The lowest BCUT2D eigenvalue weighted by atomic mass is 10.1. The second kappa shape index (κ2) is 3.98. The molecule has 0 saturated heterocycles. The van der Waals surface area contributed by atoms with Crippen LogP contribution in [0.15, 0.2) is 16.7 Å².